The summed E-state index contributed by atoms with van der Waals surface area (Å²) in [6, 6.07) is 6.65. The van der Waals surface area contributed by atoms with Gasteiger partial charge in [-0.1, -0.05) is 18.9 Å². The van der Waals surface area contributed by atoms with Crippen molar-refractivity contribution in [3.05, 3.63) is 34.9 Å². The first-order valence-electron chi connectivity index (χ1n) is 7.97. The van der Waals surface area contributed by atoms with E-state index in [0.717, 1.165) is 12.3 Å². The topological polar surface area (TPSA) is 21.3 Å². The lowest BCUT2D eigenvalue weighted by molar-refractivity contribution is 0.367. The van der Waals surface area contributed by atoms with Gasteiger partial charge in [0, 0.05) is 12.1 Å². The lowest BCUT2D eigenvalue weighted by Crippen LogP contribution is -2.48. The highest BCUT2D eigenvalue weighted by Gasteiger charge is 2.41. The molecule has 1 fully saturated rings. The van der Waals surface area contributed by atoms with E-state index >= 15 is 0 Å². The third-order valence-corrected chi connectivity index (χ3v) is 5.52. The Balaban J connectivity index is 1.82. The molecule has 0 saturated heterocycles. The number of fused-ring (bicyclic) bond motifs is 3. The fourth-order valence-corrected chi connectivity index (χ4v) is 4.58. The Morgan fingerprint density at radius 3 is 2.75 bits per heavy atom. The SMILES string of the molecule is COc1ccc2c(c1)CCC1=C2CCNC12CCCC2. The van der Waals surface area contributed by atoms with Crippen LogP contribution in [0.4, 0.5) is 0 Å². The van der Waals surface area contributed by atoms with Gasteiger partial charge in [0.15, 0.2) is 0 Å². The van der Waals surface area contributed by atoms with Crippen molar-refractivity contribution in [1.82, 2.24) is 5.32 Å². The van der Waals surface area contributed by atoms with Crippen LogP contribution in [0.15, 0.2) is 23.8 Å². The normalized spacial score (nSPS) is 23.6. The minimum absolute atomic E-state index is 0.352. The van der Waals surface area contributed by atoms with Crippen LogP contribution < -0.4 is 10.1 Å². The molecule has 0 aromatic heterocycles. The van der Waals surface area contributed by atoms with Crippen molar-refractivity contribution in [3.8, 4) is 5.75 Å². The van der Waals surface area contributed by atoms with Gasteiger partial charge in [-0.2, -0.15) is 0 Å². The first-order chi connectivity index (χ1) is 9.82. The van der Waals surface area contributed by atoms with Crippen LogP contribution in [0.1, 0.15) is 49.7 Å². The van der Waals surface area contributed by atoms with Crippen LogP contribution in [0.5, 0.6) is 5.75 Å². The van der Waals surface area contributed by atoms with Gasteiger partial charge in [-0.15, -0.1) is 0 Å². The summed E-state index contributed by atoms with van der Waals surface area (Å²) >= 11 is 0. The highest BCUT2D eigenvalue weighted by atomic mass is 16.5. The summed E-state index contributed by atoms with van der Waals surface area (Å²) in [4.78, 5) is 0. The van der Waals surface area contributed by atoms with Crippen LogP contribution in [-0.2, 0) is 6.42 Å². The summed E-state index contributed by atoms with van der Waals surface area (Å²) in [6.07, 6.45) is 9.07. The minimum atomic E-state index is 0.352. The second-order valence-electron chi connectivity index (χ2n) is 6.45. The summed E-state index contributed by atoms with van der Waals surface area (Å²) in [7, 11) is 1.76. The number of nitrogens with one attached hydrogen (secondary N) is 1. The van der Waals surface area contributed by atoms with Crippen molar-refractivity contribution in [1.29, 1.82) is 0 Å². The number of hydrogen-bond donors (Lipinski definition) is 1. The molecule has 0 radical (unpaired) electrons. The maximum absolute atomic E-state index is 5.38. The quantitative estimate of drug-likeness (QED) is 0.839. The zero-order valence-corrected chi connectivity index (χ0v) is 12.3. The molecule has 2 heteroatoms. The van der Waals surface area contributed by atoms with E-state index in [0.29, 0.717) is 5.54 Å². The van der Waals surface area contributed by atoms with Crippen molar-refractivity contribution < 1.29 is 4.74 Å². The number of aryl methyl sites for hydroxylation is 1. The maximum Gasteiger partial charge on any atom is 0.119 e. The standard InChI is InChI=1S/C18H23NO/c1-20-14-5-6-15-13(12-14)4-7-17-16(15)8-11-19-18(17)9-2-3-10-18/h5-6,12,19H,2-4,7-11H2,1H3. The fraction of sp³-hybridized carbons (Fsp3) is 0.556. The third kappa shape index (κ3) is 1.74. The molecule has 1 aromatic carbocycles. The van der Waals surface area contributed by atoms with Gasteiger partial charge in [0.25, 0.3) is 0 Å². The first kappa shape index (κ1) is 12.5. The molecule has 106 valence electrons. The molecule has 0 amide bonds. The van der Waals surface area contributed by atoms with Crippen molar-refractivity contribution in [2.75, 3.05) is 13.7 Å². The van der Waals surface area contributed by atoms with Crippen molar-refractivity contribution in [2.24, 2.45) is 0 Å². The zero-order chi connectivity index (χ0) is 13.6. The number of ether oxygens (including phenoxy) is 1. The van der Waals surface area contributed by atoms with E-state index in [1.807, 2.05) is 0 Å². The lowest BCUT2D eigenvalue weighted by Gasteiger charge is -2.42. The molecule has 0 bridgehead atoms. The molecular weight excluding hydrogens is 246 g/mol. The fourth-order valence-electron chi connectivity index (χ4n) is 4.58. The van der Waals surface area contributed by atoms with E-state index in [-0.39, 0.29) is 0 Å². The molecule has 1 saturated carbocycles. The van der Waals surface area contributed by atoms with E-state index in [1.165, 1.54) is 56.1 Å². The first-order valence-corrected chi connectivity index (χ1v) is 7.97. The Morgan fingerprint density at radius 2 is 1.95 bits per heavy atom. The van der Waals surface area contributed by atoms with Crippen molar-refractivity contribution in [3.63, 3.8) is 0 Å². The molecule has 0 atom stereocenters. The summed E-state index contributed by atoms with van der Waals surface area (Å²) in [6.45, 7) is 1.14. The Bertz CT molecular complexity index is 567. The largest absolute Gasteiger partial charge is 0.497 e. The number of rotatable bonds is 1. The number of benzene rings is 1. The summed E-state index contributed by atoms with van der Waals surface area (Å²) in [5.74, 6) is 0.998. The second-order valence-corrected chi connectivity index (χ2v) is 6.45. The summed E-state index contributed by atoms with van der Waals surface area (Å²) in [5.41, 5.74) is 6.72. The Morgan fingerprint density at radius 1 is 1.10 bits per heavy atom. The van der Waals surface area contributed by atoms with Crippen LogP contribution in [0.3, 0.4) is 0 Å². The highest BCUT2D eigenvalue weighted by Crippen LogP contribution is 2.47. The Kier molecular flexibility index (Phi) is 2.88. The van der Waals surface area contributed by atoms with Gasteiger partial charge in [-0.25, -0.2) is 0 Å². The maximum atomic E-state index is 5.38. The highest BCUT2D eigenvalue weighted by molar-refractivity contribution is 5.76. The van der Waals surface area contributed by atoms with Crippen molar-refractivity contribution in [2.45, 2.75) is 50.5 Å². The lowest BCUT2D eigenvalue weighted by atomic mass is 9.72. The van der Waals surface area contributed by atoms with Crippen LogP contribution >= 0.6 is 0 Å². The average molecular weight is 269 g/mol. The van der Waals surface area contributed by atoms with Crippen molar-refractivity contribution >= 4 is 5.57 Å². The van der Waals surface area contributed by atoms with Gasteiger partial charge in [0.1, 0.15) is 5.75 Å². The van der Waals surface area contributed by atoms with Crippen LogP contribution in [0.2, 0.25) is 0 Å². The summed E-state index contributed by atoms with van der Waals surface area (Å²) in [5, 5.41) is 3.86. The molecule has 1 aliphatic heterocycles. The molecule has 4 rings (SSSR count). The molecule has 2 aliphatic carbocycles. The van der Waals surface area contributed by atoms with E-state index in [1.54, 1.807) is 18.3 Å². The summed E-state index contributed by atoms with van der Waals surface area (Å²) < 4.78 is 5.38. The van der Waals surface area contributed by atoms with Gasteiger partial charge < -0.3 is 10.1 Å². The molecule has 1 N–H and O–H groups in total. The zero-order valence-electron chi connectivity index (χ0n) is 12.3. The minimum Gasteiger partial charge on any atom is -0.497 e. The average Bonchev–Trinajstić information content (AvgIpc) is 2.96. The number of hydrogen-bond acceptors (Lipinski definition) is 2. The molecule has 1 spiro atoms. The van der Waals surface area contributed by atoms with E-state index < -0.39 is 0 Å². The molecule has 2 nitrogen and oxygen atoms in total. The smallest absolute Gasteiger partial charge is 0.119 e. The van der Waals surface area contributed by atoms with E-state index in [2.05, 4.69) is 23.5 Å². The number of methoxy groups -OCH3 is 1. The molecule has 20 heavy (non-hydrogen) atoms. The molecule has 0 unspecified atom stereocenters. The molecule has 1 aromatic rings. The predicted molar refractivity (Wildman–Crippen MR) is 82.1 cm³/mol. The van der Waals surface area contributed by atoms with Gasteiger partial charge in [-0.05, 0) is 66.5 Å². The molecule has 1 heterocycles. The van der Waals surface area contributed by atoms with Gasteiger partial charge in [0.05, 0.1) is 7.11 Å². The van der Waals surface area contributed by atoms with Crippen LogP contribution in [0.25, 0.3) is 5.57 Å². The molecular formula is C18H23NO. The second kappa shape index (κ2) is 4.63. The van der Waals surface area contributed by atoms with Gasteiger partial charge in [-0.3, -0.25) is 0 Å². The molecule has 3 aliphatic rings. The Hall–Kier alpha value is -1.28. The van der Waals surface area contributed by atoms with E-state index in [9.17, 15) is 0 Å². The Labute approximate surface area is 121 Å². The van der Waals surface area contributed by atoms with E-state index in [4.69, 9.17) is 4.74 Å². The van der Waals surface area contributed by atoms with Gasteiger partial charge in [0.2, 0.25) is 0 Å². The van der Waals surface area contributed by atoms with Crippen LogP contribution in [-0.4, -0.2) is 19.2 Å². The van der Waals surface area contributed by atoms with Gasteiger partial charge >= 0.3 is 0 Å². The third-order valence-electron chi connectivity index (χ3n) is 5.52. The monoisotopic (exact) mass is 269 g/mol. The predicted octanol–water partition coefficient (Wildman–Crippen LogP) is 3.70. The van der Waals surface area contributed by atoms with Crippen LogP contribution in [0, 0.1) is 0 Å².